The Bertz CT molecular complexity index is 237. The summed E-state index contributed by atoms with van der Waals surface area (Å²) in [7, 11) is -1.24. The van der Waals surface area contributed by atoms with Crippen molar-refractivity contribution < 1.29 is 0 Å². The van der Waals surface area contributed by atoms with E-state index >= 15 is 0 Å². The maximum absolute atomic E-state index is 5.36. The summed E-state index contributed by atoms with van der Waals surface area (Å²) in [4.78, 5) is 7.89. The molecule has 0 saturated heterocycles. The number of nitrogen functional groups attached to an aromatic ring is 1. The fourth-order valence-electron chi connectivity index (χ4n) is 0.725. The molecule has 0 aliphatic carbocycles. The van der Waals surface area contributed by atoms with E-state index in [1.165, 1.54) is 5.19 Å². The lowest BCUT2D eigenvalue weighted by Gasteiger charge is -2.14. The SMILES string of the molecule is C[Si](C)(C)c1cnc(N)nc1. The molecule has 60 valence electrons. The van der Waals surface area contributed by atoms with Gasteiger partial charge in [0.05, 0.1) is 8.07 Å². The molecule has 2 N–H and O–H groups in total. The van der Waals surface area contributed by atoms with Gasteiger partial charge in [-0.1, -0.05) is 19.6 Å². The maximum Gasteiger partial charge on any atom is 0.219 e. The van der Waals surface area contributed by atoms with Crippen LogP contribution in [0.4, 0.5) is 5.95 Å². The van der Waals surface area contributed by atoms with Crippen molar-refractivity contribution in [1.29, 1.82) is 0 Å². The van der Waals surface area contributed by atoms with E-state index in [9.17, 15) is 0 Å². The lowest BCUT2D eigenvalue weighted by Crippen LogP contribution is -2.38. The number of rotatable bonds is 1. The van der Waals surface area contributed by atoms with Crippen LogP contribution in [0.1, 0.15) is 0 Å². The predicted molar refractivity (Wildman–Crippen MR) is 49.4 cm³/mol. The van der Waals surface area contributed by atoms with Gasteiger partial charge in [-0.05, 0) is 5.19 Å². The van der Waals surface area contributed by atoms with Crippen LogP contribution in [0.3, 0.4) is 0 Å². The van der Waals surface area contributed by atoms with Crippen molar-refractivity contribution in [3.63, 3.8) is 0 Å². The van der Waals surface area contributed by atoms with Crippen LogP contribution in [0.5, 0.6) is 0 Å². The van der Waals surface area contributed by atoms with E-state index in [1.807, 2.05) is 12.4 Å². The predicted octanol–water partition coefficient (Wildman–Crippen LogP) is 0.604. The third kappa shape index (κ3) is 2.01. The maximum atomic E-state index is 5.36. The van der Waals surface area contributed by atoms with E-state index in [0.717, 1.165) is 0 Å². The van der Waals surface area contributed by atoms with Crippen LogP contribution in [0.25, 0.3) is 0 Å². The highest BCUT2D eigenvalue weighted by Crippen LogP contribution is 1.99. The minimum Gasteiger partial charge on any atom is -0.368 e. The first-order chi connectivity index (χ1) is 5.00. The van der Waals surface area contributed by atoms with Crippen molar-refractivity contribution in [3.8, 4) is 0 Å². The summed E-state index contributed by atoms with van der Waals surface area (Å²) in [5.41, 5.74) is 5.36. The molecule has 0 atom stereocenters. The molecule has 0 bridgehead atoms. The molecule has 1 heterocycles. The third-order valence-electron chi connectivity index (χ3n) is 1.54. The molecule has 0 unspecified atom stereocenters. The summed E-state index contributed by atoms with van der Waals surface area (Å²) in [6, 6.07) is 0. The first-order valence-electron chi connectivity index (χ1n) is 3.58. The Morgan fingerprint density at radius 3 is 2.00 bits per heavy atom. The molecular formula is C7H13N3Si. The van der Waals surface area contributed by atoms with Gasteiger partial charge in [0.1, 0.15) is 0 Å². The topological polar surface area (TPSA) is 51.8 Å². The molecule has 0 aliphatic heterocycles. The van der Waals surface area contributed by atoms with Gasteiger partial charge >= 0.3 is 0 Å². The Hall–Kier alpha value is -0.903. The standard InChI is InChI=1S/C7H13N3Si/c1-11(2,3)6-4-9-7(8)10-5-6/h4-5H,1-3H3,(H2,8,9,10). The fourth-order valence-corrected chi connectivity index (χ4v) is 1.63. The summed E-state index contributed by atoms with van der Waals surface area (Å²) in [6.07, 6.45) is 3.66. The molecule has 3 nitrogen and oxygen atoms in total. The van der Waals surface area contributed by atoms with Crippen LogP contribution in [-0.4, -0.2) is 18.0 Å². The molecule has 0 spiro atoms. The zero-order valence-electron chi connectivity index (χ0n) is 7.13. The number of hydrogen-bond acceptors (Lipinski definition) is 3. The van der Waals surface area contributed by atoms with E-state index in [4.69, 9.17) is 5.73 Å². The summed E-state index contributed by atoms with van der Waals surface area (Å²) < 4.78 is 0. The second-order valence-electron chi connectivity index (χ2n) is 3.58. The van der Waals surface area contributed by atoms with Crippen molar-refractivity contribution >= 4 is 19.2 Å². The highest BCUT2D eigenvalue weighted by Gasteiger charge is 2.16. The van der Waals surface area contributed by atoms with Crippen molar-refractivity contribution in [2.45, 2.75) is 19.6 Å². The van der Waals surface area contributed by atoms with Gasteiger partial charge in [-0.3, -0.25) is 0 Å². The van der Waals surface area contributed by atoms with Crippen LogP contribution in [0.2, 0.25) is 19.6 Å². The van der Waals surface area contributed by atoms with Gasteiger partial charge in [0.25, 0.3) is 0 Å². The summed E-state index contributed by atoms with van der Waals surface area (Å²) in [6.45, 7) is 6.76. The van der Waals surface area contributed by atoms with Crippen LogP contribution >= 0.6 is 0 Å². The van der Waals surface area contributed by atoms with E-state index < -0.39 is 8.07 Å². The molecule has 1 aromatic heterocycles. The van der Waals surface area contributed by atoms with Crippen molar-refractivity contribution in [2.24, 2.45) is 0 Å². The number of nitrogens with two attached hydrogens (primary N) is 1. The quantitative estimate of drug-likeness (QED) is 0.623. The average Bonchev–Trinajstić information content (AvgIpc) is 1.86. The molecule has 1 rings (SSSR count). The van der Waals surface area contributed by atoms with Crippen LogP contribution in [0, 0.1) is 0 Å². The minimum absolute atomic E-state index is 0.354. The summed E-state index contributed by atoms with van der Waals surface area (Å²) in [5, 5.41) is 1.24. The average molecular weight is 167 g/mol. The molecule has 11 heavy (non-hydrogen) atoms. The van der Waals surface area contributed by atoms with E-state index in [0.29, 0.717) is 5.95 Å². The first kappa shape index (κ1) is 8.20. The van der Waals surface area contributed by atoms with Gasteiger partial charge in [0, 0.05) is 12.4 Å². The zero-order valence-corrected chi connectivity index (χ0v) is 8.13. The van der Waals surface area contributed by atoms with E-state index in [1.54, 1.807) is 0 Å². The Labute approximate surface area is 67.7 Å². The number of anilines is 1. The van der Waals surface area contributed by atoms with Gasteiger partial charge in [-0.25, -0.2) is 9.97 Å². The third-order valence-corrected chi connectivity index (χ3v) is 3.53. The highest BCUT2D eigenvalue weighted by atomic mass is 28.3. The minimum atomic E-state index is -1.24. The first-order valence-corrected chi connectivity index (χ1v) is 7.08. The molecule has 4 heteroatoms. The van der Waals surface area contributed by atoms with Gasteiger partial charge in [0.2, 0.25) is 5.95 Å². The van der Waals surface area contributed by atoms with Crippen LogP contribution in [0.15, 0.2) is 12.4 Å². The Morgan fingerprint density at radius 2 is 1.64 bits per heavy atom. The molecule has 0 aliphatic rings. The second kappa shape index (κ2) is 2.62. The van der Waals surface area contributed by atoms with Gasteiger partial charge in [-0.2, -0.15) is 0 Å². The smallest absolute Gasteiger partial charge is 0.219 e. The van der Waals surface area contributed by atoms with Gasteiger partial charge in [0.15, 0.2) is 0 Å². The molecule has 0 aromatic carbocycles. The molecule has 0 saturated carbocycles. The highest BCUT2D eigenvalue weighted by molar-refractivity contribution is 6.88. The summed E-state index contributed by atoms with van der Waals surface area (Å²) in [5.74, 6) is 0.354. The van der Waals surface area contributed by atoms with Gasteiger partial charge in [-0.15, -0.1) is 0 Å². The van der Waals surface area contributed by atoms with E-state index in [-0.39, 0.29) is 0 Å². The van der Waals surface area contributed by atoms with Crippen LogP contribution < -0.4 is 10.9 Å². The molecule has 1 aromatic rings. The molecule has 0 amide bonds. The van der Waals surface area contributed by atoms with Crippen LogP contribution in [-0.2, 0) is 0 Å². The van der Waals surface area contributed by atoms with Crippen molar-refractivity contribution in [2.75, 3.05) is 5.73 Å². The normalized spacial score (nSPS) is 11.5. The lowest BCUT2D eigenvalue weighted by atomic mass is 10.7. The Balaban J connectivity index is 2.99. The van der Waals surface area contributed by atoms with E-state index in [2.05, 4.69) is 29.6 Å². The summed E-state index contributed by atoms with van der Waals surface area (Å²) >= 11 is 0. The van der Waals surface area contributed by atoms with Gasteiger partial charge < -0.3 is 5.73 Å². The van der Waals surface area contributed by atoms with Crippen molar-refractivity contribution in [1.82, 2.24) is 9.97 Å². The zero-order chi connectivity index (χ0) is 8.48. The Morgan fingerprint density at radius 1 is 1.18 bits per heavy atom. The second-order valence-corrected chi connectivity index (χ2v) is 8.66. The molecule has 0 fully saturated rings. The fraction of sp³-hybridized carbons (Fsp3) is 0.429. The number of hydrogen-bond donors (Lipinski definition) is 1. The number of nitrogens with zero attached hydrogens (tertiary/aromatic N) is 2. The monoisotopic (exact) mass is 167 g/mol. The molecular weight excluding hydrogens is 154 g/mol. The lowest BCUT2D eigenvalue weighted by molar-refractivity contribution is 1.20. The largest absolute Gasteiger partial charge is 0.368 e. The van der Waals surface area contributed by atoms with Crippen molar-refractivity contribution in [3.05, 3.63) is 12.4 Å². The number of aromatic nitrogens is 2. The molecule has 0 radical (unpaired) electrons. The Kier molecular flexibility index (Phi) is 1.95.